The summed E-state index contributed by atoms with van der Waals surface area (Å²) in [6.45, 7) is 4.25. The molecule has 1 N–H and O–H groups in total. The van der Waals surface area contributed by atoms with E-state index in [9.17, 15) is 4.79 Å². The number of rotatable bonds is 4. The molecule has 1 aromatic heterocycles. The fraction of sp³-hybridized carbons (Fsp3) is 0.467. The van der Waals surface area contributed by atoms with Crippen LogP contribution >= 0.6 is 0 Å². The molecule has 116 valence electrons. The molecule has 7 heteroatoms. The van der Waals surface area contributed by atoms with E-state index in [0.29, 0.717) is 12.5 Å². The molecular weight excluding hydrogens is 280 g/mol. The lowest BCUT2D eigenvalue weighted by molar-refractivity contribution is -0.130. The number of tetrazole rings is 1. The fourth-order valence-electron chi connectivity index (χ4n) is 2.74. The van der Waals surface area contributed by atoms with E-state index in [0.717, 1.165) is 30.9 Å². The molecule has 0 bridgehead atoms. The zero-order chi connectivity index (χ0) is 15.4. The number of hydrogen-bond acceptors (Lipinski definition) is 5. The van der Waals surface area contributed by atoms with Gasteiger partial charge in [0.2, 0.25) is 5.91 Å². The largest absolute Gasteiger partial charge is 0.376 e. The Morgan fingerprint density at radius 3 is 3.14 bits per heavy atom. The van der Waals surface area contributed by atoms with Crippen LogP contribution in [-0.4, -0.2) is 50.6 Å². The van der Waals surface area contributed by atoms with E-state index >= 15 is 0 Å². The summed E-state index contributed by atoms with van der Waals surface area (Å²) in [5.41, 5.74) is 1.74. The molecule has 0 radical (unpaired) electrons. The molecule has 1 unspecified atom stereocenters. The van der Waals surface area contributed by atoms with E-state index in [1.807, 2.05) is 29.2 Å². The Morgan fingerprint density at radius 1 is 1.45 bits per heavy atom. The average molecular weight is 300 g/mol. The topological polar surface area (TPSA) is 75.9 Å². The van der Waals surface area contributed by atoms with Crippen molar-refractivity contribution >= 4 is 11.6 Å². The molecule has 3 rings (SSSR count). The van der Waals surface area contributed by atoms with Crippen LogP contribution < -0.4 is 5.32 Å². The van der Waals surface area contributed by atoms with Crippen LogP contribution in [0.4, 0.5) is 5.69 Å². The van der Waals surface area contributed by atoms with Crippen molar-refractivity contribution in [3.05, 3.63) is 30.6 Å². The number of anilines is 1. The zero-order valence-electron chi connectivity index (χ0n) is 12.6. The van der Waals surface area contributed by atoms with Crippen molar-refractivity contribution in [3.8, 4) is 5.69 Å². The van der Waals surface area contributed by atoms with Crippen LogP contribution in [0.2, 0.25) is 0 Å². The molecule has 0 aliphatic carbocycles. The molecule has 1 amide bonds. The number of amides is 1. The average Bonchev–Trinajstić information content (AvgIpc) is 3.07. The van der Waals surface area contributed by atoms with Gasteiger partial charge in [-0.3, -0.25) is 4.79 Å². The highest BCUT2D eigenvalue weighted by Crippen LogP contribution is 2.16. The first-order valence-electron chi connectivity index (χ1n) is 7.57. The Bertz CT molecular complexity index is 627. The predicted octanol–water partition coefficient (Wildman–Crippen LogP) is 1.33. The third-order valence-electron chi connectivity index (χ3n) is 3.91. The molecule has 1 aromatic carbocycles. The van der Waals surface area contributed by atoms with Crippen molar-refractivity contribution in [2.75, 3.05) is 25.0 Å². The van der Waals surface area contributed by atoms with Crippen LogP contribution in [-0.2, 0) is 4.79 Å². The standard InChI is InChI=1S/C15H20N6O/c1-12-4-3-7-20(10-12)15(22)9-16-13-5-2-6-14(8-13)21-11-17-18-19-21/h2,5-6,8,11-12,16H,3-4,7,9-10H2,1H3. The van der Waals surface area contributed by atoms with Crippen LogP contribution in [0.1, 0.15) is 19.8 Å². The van der Waals surface area contributed by atoms with Gasteiger partial charge >= 0.3 is 0 Å². The third kappa shape index (κ3) is 3.41. The van der Waals surface area contributed by atoms with Crippen molar-refractivity contribution in [1.82, 2.24) is 25.1 Å². The predicted molar refractivity (Wildman–Crippen MR) is 82.6 cm³/mol. The van der Waals surface area contributed by atoms with Gasteiger partial charge in [0.05, 0.1) is 12.2 Å². The van der Waals surface area contributed by atoms with Gasteiger partial charge in [0.1, 0.15) is 6.33 Å². The normalized spacial score (nSPS) is 18.2. The van der Waals surface area contributed by atoms with Gasteiger partial charge in [0.15, 0.2) is 0 Å². The Labute approximate surface area is 129 Å². The first-order chi connectivity index (χ1) is 10.7. The Morgan fingerprint density at radius 2 is 2.36 bits per heavy atom. The highest BCUT2D eigenvalue weighted by Gasteiger charge is 2.20. The highest BCUT2D eigenvalue weighted by molar-refractivity contribution is 5.81. The minimum absolute atomic E-state index is 0.152. The number of nitrogens with zero attached hydrogens (tertiary/aromatic N) is 5. The minimum atomic E-state index is 0.152. The maximum Gasteiger partial charge on any atom is 0.241 e. The molecule has 1 aliphatic rings. The molecule has 1 atom stereocenters. The molecule has 1 aliphatic heterocycles. The monoisotopic (exact) mass is 300 g/mol. The van der Waals surface area contributed by atoms with Crippen molar-refractivity contribution in [3.63, 3.8) is 0 Å². The van der Waals surface area contributed by atoms with Crippen molar-refractivity contribution in [2.24, 2.45) is 5.92 Å². The second-order valence-electron chi connectivity index (χ2n) is 5.75. The van der Waals surface area contributed by atoms with E-state index in [2.05, 4.69) is 27.8 Å². The highest BCUT2D eigenvalue weighted by atomic mass is 16.2. The van der Waals surface area contributed by atoms with E-state index in [1.165, 1.54) is 6.42 Å². The number of aromatic nitrogens is 4. The van der Waals surface area contributed by atoms with E-state index in [4.69, 9.17) is 0 Å². The van der Waals surface area contributed by atoms with Crippen LogP contribution in [0.25, 0.3) is 5.69 Å². The second kappa shape index (κ2) is 6.55. The van der Waals surface area contributed by atoms with Crippen molar-refractivity contribution in [1.29, 1.82) is 0 Å². The first-order valence-corrected chi connectivity index (χ1v) is 7.57. The summed E-state index contributed by atoms with van der Waals surface area (Å²) in [6, 6.07) is 7.67. The molecule has 1 saturated heterocycles. The van der Waals surface area contributed by atoms with Crippen LogP contribution in [0, 0.1) is 5.92 Å². The van der Waals surface area contributed by atoms with Crippen molar-refractivity contribution < 1.29 is 4.79 Å². The van der Waals surface area contributed by atoms with E-state index < -0.39 is 0 Å². The summed E-state index contributed by atoms with van der Waals surface area (Å²) in [5, 5.41) is 14.3. The zero-order valence-corrected chi connectivity index (χ0v) is 12.6. The van der Waals surface area contributed by atoms with Crippen molar-refractivity contribution in [2.45, 2.75) is 19.8 Å². The Balaban J connectivity index is 1.59. The molecule has 0 saturated carbocycles. The fourth-order valence-corrected chi connectivity index (χ4v) is 2.74. The maximum atomic E-state index is 12.3. The number of piperidine rings is 1. The molecule has 2 heterocycles. The van der Waals surface area contributed by atoms with E-state index in [1.54, 1.807) is 11.0 Å². The summed E-state index contributed by atoms with van der Waals surface area (Å²) < 4.78 is 1.58. The van der Waals surface area contributed by atoms with E-state index in [-0.39, 0.29) is 5.91 Å². The molecule has 0 spiro atoms. The number of likely N-dealkylation sites (tertiary alicyclic amines) is 1. The Hall–Kier alpha value is -2.44. The van der Waals surface area contributed by atoms with Gasteiger partial charge in [0.25, 0.3) is 0 Å². The molecule has 22 heavy (non-hydrogen) atoms. The van der Waals surface area contributed by atoms with Gasteiger partial charge in [-0.2, -0.15) is 0 Å². The van der Waals surface area contributed by atoms with Crippen LogP contribution in [0.15, 0.2) is 30.6 Å². The summed E-state index contributed by atoms with van der Waals surface area (Å²) in [6.07, 6.45) is 3.85. The summed E-state index contributed by atoms with van der Waals surface area (Å²) >= 11 is 0. The minimum Gasteiger partial charge on any atom is -0.376 e. The maximum absolute atomic E-state index is 12.3. The number of nitrogens with one attached hydrogen (secondary N) is 1. The molecular formula is C15H20N6O. The Kier molecular flexibility index (Phi) is 4.32. The van der Waals surface area contributed by atoms with Gasteiger partial charge < -0.3 is 10.2 Å². The molecule has 2 aromatic rings. The van der Waals surface area contributed by atoms with Gasteiger partial charge in [-0.25, -0.2) is 4.68 Å². The SMILES string of the molecule is CC1CCCN(C(=O)CNc2cccc(-n3cnnn3)c2)C1. The molecule has 7 nitrogen and oxygen atoms in total. The van der Waals surface area contributed by atoms with Gasteiger partial charge in [-0.1, -0.05) is 13.0 Å². The first kappa shape index (κ1) is 14.5. The quantitative estimate of drug-likeness (QED) is 0.922. The summed E-state index contributed by atoms with van der Waals surface area (Å²) in [5.74, 6) is 0.750. The third-order valence-corrected chi connectivity index (χ3v) is 3.91. The number of benzene rings is 1. The van der Waals surface area contributed by atoms with Gasteiger partial charge in [-0.15, -0.1) is 5.10 Å². The summed E-state index contributed by atoms with van der Waals surface area (Å²) in [7, 11) is 0. The number of hydrogen-bond donors (Lipinski definition) is 1. The van der Waals surface area contributed by atoms with Gasteiger partial charge in [-0.05, 0) is 47.4 Å². The number of carbonyl (C=O) groups excluding carboxylic acids is 1. The summed E-state index contributed by atoms with van der Waals surface area (Å²) in [4.78, 5) is 14.2. The van der Waals surface area contributed by atoms with Crippen LogP contribution in [0.3, 0.4) is 0 Å². The molecule has 1 fully saturated rings. The lowest BCUT2D eigenvalue weighted by Gasteiger charge is -2.31. The lowest BCUT2D eigenvalue weighted by atomic mass is 10.0. The number of carbonyl (C=O) groups is 1. The van der Waals surface area contributed by atoms with Crippen LogP contribution in [0.5, 0.6) is 0 Å². The van der Waals surface area contributed by atoms with Gasteiger partial charge in [0, 0.05) is 18.8 Å². The lowest BCUT2D eigenvalue weighted by Crippen LogP contribution is -2.41. The smallest absolute Gasteiger partial charge is 0.241 e. The second-order valence-corrected chi connectivity index (χ2v) is 5.75.